The van der Waals surface area contributed by atoms with Gasteiger partial charge in [-0.1, -0.05) is 15.9 Å². The molecule has 1 N–H and O–H groups in total. The van der Waals surface area contributed by atoms with Crippen molar-refractivity contribution in [2.75, 3.05) is 20.8 Å². The lowest BCUT2D eigenvalue weighted by atomic mass is 10.2. The highest BCUT2D eigenvalue weighted by atomic mass is 79.9. The summed E-state index contributed by atoms with van der Waals surface area (Å²) in [4.78, 5) is 23.3. The summed E-state index contributed by atoms with van der Waals surface area (Å²) in [5.41, 5.74) is 0.461. The van der Waals surface area contributed by atoms with Crippen LogP contribution in [0.3, 0.4) is 0 Å². The summed E-state index contributed by atoms with van der Waals surface area (Å²) in [6.45, 7) is 0.0644. The zero-order chi connectivity index (χ0) is 13.5. The first-order valence-corrected chi connectivity index (χ1v) is 6.01. The van der Waals surface area contributed by atoms with E-state index in [9.17, 15) is 9.59 Å². The first-order valence-electron chi connectivity index (χ1n) is 5.21. The molecule has 0 fully saturated rings. The number of esters is 1. The number of benzene rings is 1. The largest absolute Gasteiger partial charge is 0.467 e. The summed E-state index contributed by atoms with van der Waals surface area (Å²) in [6, 6.07) is 5.99. The van der Waals surface area contributed by atoms with Gasteiger partial charge in [0.05, 0.1) is 13.7 Å². The van der Waals surface area contributed by atoms with Gasteiger partial charge in [0.25, 0.3) is 5.91 Å². The molecule has 0 spiro atoms. The van der Waals surface area contributed by atoms with E-state index in [0.29, 0.717) is 5.56 Å². The van der Waals surface area contributed by atoms with Gasteiger partial charge in [-0.15, -0.1) is 0 Å². The van der Waals surface area contributed by atoms with Crippen molar-refractivity contribution < 1.29 is 19.1 Å². The van der Waals surface area contributed by atoms with Crippen molar-refractivity contribution in [1.82, 2.24) is 5.32 Å². The van der Waals surface area contributed by atoms with Crippen molar-refractivity contribution in [3.63, 3.8) is 0 Å². The second-order valence-corrected chi connectivity index (χ2v) is 4.43. The molecule has 0 saturated carbocycles. The van der Waals surface area contributed by atoms with E-state index >= 15 is 0 Å². The number of amides is 1. The fourth-order valence-corrected chi connectivity index (χ4v) is 1.58. The highest BCUT2D eigenvalue weighted by molar-refractivity contribution is 9.10. The van der Waals surface area contributed by atoms with Gasteiger partial charge in [0.15, 0.2) is 6.04 Å². The lowest BCUT2D eigenvalue weighted by Crippen LogP contribution is -2.44. The molecule has 0 aliphatic carbocycles. The third-order valence-corrected chi connectivity index (χ3v) is 2.76. The van der Waals surface area contributed by atoms with Crippen LogP contribution < -0.4 is 5.32 Å². The lowest BCUT2D eigenvalue weighted by molar-refractivity contribution is -0.144. The SMILES string of the molecule is COCC(NC(=O)c1ccc(Br)cc1)C(=O)OC. The van der Waals surface area contributed by atoms with Crippen LogP contribution >= 0.6 is 15.9 Å². The van der Waals surface area contributed by atoms with E-state index in [1.807, 2.05) is 0 Å². The van der Waals surface area contributed by atoms with Gasteiger partial charge in [-0.05, 0) is 24.3 Å². The van der Waals surface area contributed by atoms with Crippen LogP contribution in [0.4, 0.5) is 0 Å². The molecular formula is C12H14BrNO4. The van der Waals surface area contributed by atoms with Crippen LogP contribution in [0, 0.1) is 0 Å². The molecule has 98 valence electrons. The summed E-state index contributed by atoms with van der Waals surface area (Å²) >= 11 is 3.28. The molecule has 18 heavy (non-hydrogen) atoms. The number of nitrogens with one attached hydrogen (secondary N) is 1. The van der Waals surface area contributed by atoms with Crippen LogP contribution in [-0.4, -0.2) is 38.7 Å². The first-order chi connectivity index (χ1) is 8.58. The van der Waals surface area contributed by atoms with Crippen molar-refractivity contribution in [2.24, 2.45) is 0 Å². The van der Waals surface area contributed by atoms with Crippen LogP contribution in [0.1, 0.15) is 10.4 Å². The maximum atomic E-state index is 11.9. The number of carbonyl (C=O) groups excluding carboxylic acids is 2. The van der Waals surface area contributed by atoms with Gasteiger partial charge in [0.2, 0.25) is 0 Å². The Labute approximate surface area is 114 Å². The van der Waals surface area contributed by atoms with Crippen molar-refractivity contribution in [3.05, 3.63) is 34.3 Å². The predicted molar refractivity (Wildman–Crippen MR) is 69.3 cm³/mol. The minimum atomic E-state index is -0.809. The Bertz CT molecular complexity index is 419. The second-order valence-electron chi connectivity index (χ2n) is 3.51. The van der Waals surface area contributed by atoms with E-state index in [1.54, 1.807) is 24.3 Å². The monoisotopic (exact) mass is 315 g/mol. The van der Waals surface area contributed by atoms with Gasteiger partial charge in [0, 0.05) is 17.1 Å². The van der Waals surface area contributed by atoms with Gasteiger partial charge in [-0.3, -0.25) is 4.79 Å². The third kappa shape index (κ3) is 4.12. The van der Waals surface area contributed by atoms with Gasteiger partial charge in [-0.25, -0.2) is 4.79 Å². The molecule has 1 amide bonds. The molecule has 1 atom stereocenters. The fraction of sp³-hybridized carbons (Fsp3) is 0.333. The molecule has 0 radical (unpaired) electrons. The minimum absolute atomic E-state index is 0.0644. The highest BCUT2D eigenvalue weighted by Crippen LogP contribution is 2.10. The van der Waals surface area contributed by atoms with Crippen LogP contribution in [0.5, 0.6) is 0 Å². The number of halogens is 1. The Hall–Kier alpha value is -1.40. The zero-order valence-corrected chi connectivity index (χ0v) is 11.7. The number of ether oxygens (including phenoxy) is 2. The molecule has 5 nitrogen and oxygen atoms in total. The van der Waals surface area contributed by atoms with Gasteiger partial charge < -0.3 is 14.8 Å². The maximum Gasteiger partial charge on any atom is 0.330 e. The molecule has 0 aliphatic rings. The summed E-state index contributed by atoms with van der Waals surface area (Å²) in [6.07, 6.45) is 0. The van der Waals surface area contributed by atoms with Crippen LogP contribution in [-0.2, 0) is 14.3 Å². The molecular weight excluding hydrogens is 302 g/mol. The fourth-order valence-electron chi connectivity index (χ4n) is 1.32. The molecule has 1 unspecified atom stereocenters. The highest BCUT2D eigenvalue weighted by Gasteiger charge is 2.21. The topological polar surface area (TPSA) is 64.6 Å². The molecule has 1 aromatic rings. The molecule has 0 saturated heterocycles. The van der Waals surface area contributed by atoms with Crippen molar-refractivity contribution in [2.45, 2.75) is 6.04 Å². The number of hydrogen-bond donors (Lipinski definition) is 1. The molecule has 1 aromatic carbocycles. The summed E-state index contributed by atoms with van der Waals surface area (Å²) in [7, 11) is 2.71. The quantitative estimate of drug-likeness (QED) is 0.833. The number of hydrogen-bond acceptors (Lipinski definition) is 4. The summed E-state index contributed by atoms with van der Waals surface area (Å²) in [5.74, 6) is -0.891. The molecule has 0 heterocycles. The Morgan fingerprint density at radius 3 is 2.39 bits per heavy atom. The van der Waals surface area contributed by atoms with Crippen LogP contribution in [0.2, 0.25) is 0 Å². The Morgan fingerprint density at radius 2 is 1.89 bits per heavy atom. The first kappa shape index (κ1) is 14.7. The van der Waals surface area contributed by atoms with Gasteiger partial charge in [-0.2, -0.15) is 0 Å². The predicted octanol–water partition coefficient (Wildman–Crippen LogP) is 1.37. The van der Waals surface area contributed by atoms with Crippen molar-refractivity contribution in [1.29, 1.82) is 0 Å². The normalized spacial score (nSPS) is 11.7. The Morgan fingerprint density at radius 1 is 1.28 bits per heavy atom. The molecule has 1 rings (SSSR count). The Kier molecular flexibility index (Phi) is 5.80. The average Bonchev–Trinajstić information content (AvgIpc) is 2.38. The van der Waals surface area contributed by atoms with E-state index < -0.39 is 12.0 Å². The standard InChI is InChI=1S/C12H14BrNO4/c1-17-7-10(12(16)18-2)14-11(15)8-3-5-9(13)6-4-8/h3-6,10H,7H2,1-2H3,(H,14,15). The molecule has 0 aromatic heterocycles. The van der Waals surface area contributed by atoms with E-state index in [4.69, 9.17) is 4.74 Å². The zero-order valence-electron chi connectivity index (χ0n) is 10.1. The van der Waals surface area contributed by atoms with Gasteiger partial charge >= 0.3 is 5.97 Å². The van der Waals surface area contributed by atoms with E-state index in [-0.39, 0.29) is 12.5 Å². The number of carbonyl (C=O) groups is 2. The van der Waals surface area contributed by atoms with Crippen LogP contribution in [0.15, 0.2) is 28.7 Å². The lowest BCUT2D eigenvalue weighted by Gasteiger charge is -2.15. The van der Waals surface area contributed by atoms with Crippen molar-refractivity contribution in [3.8, 4) is 0 Å². The molecule has 0 bridgehead atoms. The molecule has 6 heteroatoms. The van der Waals surface area contributed by atoms with Crippen molar-refractivity contribution >= 4 is 27.8 Å². The smallest absolute Gasteiger partial charge is 0.330 e. The second kappa shape index (κ2) is 7.13. The third-order valence-electron chi connectivity index (χ3n) is 2.23. The molecule has 0 aliphatic heterocycles. The van der Waals surface area contributed by atoms with E-state index in [1.165, 1.54) is 14.2 Å². The maximum absolute atomic E-state index is 11.9. The summed E-state index contributed by atoms with van der Waals surface area (Å²) < 4.78 is 10.3. The van der Waals surface area contributed by atoms with Gasteiger partial charge in [0.1, 0.15) is 0 Å². The average molecular weight is 316 g/mol. The number of methoxy groups -OCH3 is 2. The number of rotatable bonds is 5. The minimum Gasteiger partial charge on any atom is -0.467 e. The van der Waals surface area contributed by atoms with E-state index in [0.717, 1.165) is 4.47 Å². The van der Waals surface area contributed by atoms with E-state index in [2.05, 4.69) is 26.0 Å². The van der Waals surface area contributed by atoms with Crippen LogP contribution in [0.25, 0.3) is 0 Å². The summed E-state index contributed by atoms with van der Waals surface area (Å²) in [5, 5.41) is 2.55. The Balaban J connectivity index is 2.71.